The summed E-state index contributed by atoms with van der Waals surface area (Å²) in [7, 11) is 0. The number of ether oxygens (including phenoxy) is 1. The summed E-state index contributed by atoms with van der Waals surface area (Å²) in [5, 5.41) is 21.3. The van der Waals surface area contributed by atoms with Crippen molar-refractivity contribution in [2.75, 3.05) is 0 Å². The molecule has 0 heterocycles. The maximum atomic E-state index is 13.8. The van der Waals surface area contributed by atoms with Crippen LogP contribution < -0.4 is 0 Å². The number of halogens is 1. The summed E-state index contributed by atoms with van der Waals surface area (Å²) in [4.78, 5) is 25.0. The lowest BCUT2D eigenvalue weighted by atomic mass is 9.86. The van der Waals surface area contributed by atoms with Gasteiger partial charge in [0.1, 0.15) is 5.82 Å². The quantitative estimate of drug-likeness (QED) is 0.525. The zero-order valence-electron chi connectivity index (χ0n) is 14.7. The fraction of sp³-hybridized carbons (Fsp3) is 0.0909. The smallest absolute Gasteiger partial charge is 0.355 e. The molecule has 0 aliphatic rings. The molecule has 0 aromatic heterocycles. The molecule has 0 fully saturated rings. The van der Waals surface area contributed by atoms with Crippen LogP contribution in [0.4, 0.5) is 4.39 Å². The van der Waals surface area contributed by atoms with Crippen LogP contribution in [0.1, 0.15) is 22.8 Å². The largest absolute Gasteiger partial charge is 0.388 e. The molecule has 28 heavy (non-hydrogen) atoms. The number of hydrogen-bond donors (Lipinski definition) is 2. The SMILES string of the molecule is O=C(OC(=O)C(O)(c1ccccc1)c1ccccc1)[C@H](O)c1ccccc1F. The van der Waals surface area contributed by atoms with Gasteiger partial charge in [0, 0.05) is 5.56 Å². The first-order chi connectivity index (χ1) is 13.4. The third-order valence-electron chi connectivity index (χ3n) is 4.29. The summed E-state index contributed by atoms with van der Waals surface area (Å²) in [5.74, 6) is -3.51. The van der Waals surface area contributed by atoms with Crippen molar-refractivity contribution in [2.24, 2.45) is 0 Å². The summed E-state index contributed by atoms with van der Waals surface area (Å²) < 4.78 is 18.6. The molecule has 0 amide bonds. The van der Waals surface area contributed by atoms with Gasteiger partial charge in [-0.1, -0.05) is 78.9 Å². The average molecular weight is 380 g/mol. The van der Waals surface area contributed by atoms with Gasteiger partial charge in [-0.3, -0.25) is 0 Å². The number of carbonyl (C=O) groups excluding carboxylic acids is 2. The van der Waals surface area contributed by atoms with Gasteiger partial charge >= 0.3 is 11.9 Å². The van der Waals surface area contributed by atoms with Crippen molar-refractivity contribution in [1.29, 1.82) is 0 Å². The molecule has 5 nitrogen and oxygen atoms in total. The highest BCUT2D eigenvalue weighted by atomic mass is 19.1. The fourth-order valence-electron chi connectivity index (χ4n) is 2.81. The molecular weight excluding hydrogens is 363 g/mol. The minimum absolute atomic E-state index is 0.180. The maximum Gasteiger partial charge on any atom is 0.355 e. The molecule has 142 valence electrons. The molecule has 3 rings (SSSR count). The summed E-state index contributed by atoms with van der Waals surface area (Å²) in [6, 6.07) is 21.0. The zero-order valence-corrected chi connectivity index (χ0v) is 14.7. The van der Waals surface area contributed by atoms with Crippen molar-refractivity contribution in [2.45, 2.75) is 11.7 Å². The van der Waals surface area contributed by atoms with Crippen LogP contribution in [0.25, 0.3) is 0 Å². The van der Waals surface area contributed by atoms with E-state index in [-0.39, 0.29) is 16.7 Å². The van der Waals surface area contributed by atoms with Gasteiger partial charge in [0.15, 0.2) is 6.10 Å². The third-order valence-corrected chi connectivity index (χ3v) is 4.29. The minimum Gasteiger partial charge on any atom is -0.388 e. The highest BCUT2D eigenvalue weighted by Gasteiger charge is 2.43. The van der Waals surface area contributed by atoms with E-state index in [9.17, 15) is 24.2 Å². The normalized spacial score (nSPS) is 12.2. The first-order valence-electron chi connectivity index (χ1n) is 8.46. The van der Waals surface area contributed by atoms with Crippen LogP contribution in [0.2, 0.25) is 0 Å². The lowest BCUT2D eigenvalue weighted by molar-refractivity contribution is -0.177. The Labute approximate surface area is 160 Å². The van der Waals surface area contributed by atoms with Gasteiger partial charge in [0.2, 0.25) is 5.60 Å². The molecule has 0 aliphatic heterocycles. The van der Waals surface area contributed by atoms with Crippen LogP contribution in [0.15, 0.2) is 84.9 Å². The molecule has 0 aliphatic carbocycles. The molecule has 0 unspecified atom stereocenters. The van der Waals surface area contributed by atoms with E-state index in [0.29, 0.717) is 0 Å². The number of aliphatic hydroxyl groups excluding tert-OH is 1. The first kappa shape index (κ1) is 19.4. The van der Waals surface area contributed by atoms with Gasteiger partial charge in [0.05, 0.1) is 0 Å². The van der Waals surface area contributed by atoms with Gasteiger partial charge in [-0.25, -0.2) is 14.0 Å². The van der Waals surface area contributed by atoms with E-state index in [0.717, 1.165) is 6.07 Å². The second-order valence-corrected chi connectivity index (χ2v) is 6.08. The Balaban J connectivity index is 1.93. The number of esters is 2. The lowest BCUT2D eigenvalue weighted by Crippen LogP contribution is -2.40. The van der Waals surface area contributed by atoms with E-state index in [1.165, 1.54) is 42.5 Å². The third kappa shape index (κ3) is 3.69. The Morgan fingerprint density at radius 3 is 1.79 bits per heavy atom. The molecule has 6 heteroatoms. The summed E-state index contributed by atoms with van der Waals surface area (Å²) in [6.45, 7) is 0. The Kier molecular flexibility index (Phi) is 5.63. The summed E-state index contributed by atoms with van der Waals surface area (Å²) in [6.07, 6.45) is -2.01. The molecule has 0 saturated heterocycles. The van der Waals surface area contributed by atoms with Gasteiger partial charge < -0.3 is 14.9 Å². The molecule has 3 aromatic carbocycles. The van der Waals surface area contributed by atoms with Crippen LogP contribution in [0.5, 0.6) is 0 Å². The van der Waals surface area contributed by atoms with E-state index < -0.39 is 29.5 Å². The average Bonchev–Trinajstić information content (AvgIpc) is 2.74. The Morgan fingerprint density at radius 2 is 1.29 bits per heavy atom. The van der Waals surface area contributed by atoms with Crippen molar-refractivity contribution < 1.29 is 28.9 Å². The molecule has 3 aromatic rings. The second-order valence-electron chi connectivity index (χ2n) is 6.08. The molecular formula is C22H17FO5. The van der Waals surface area contributed by atoms with Crippen molar-refractivity contribution in [3.63, 3.8) is 0 Å². The number of benzene rings is 3. The summed E-state index contributed by atoms with van der Waals surface area (Å²) in [5.41, 5.74) is -2.25. The van der Waals surface area contributed by atoms with Gasteiger partial charge in [-0.15, -0.1) is 0 Å². The fourth-order valence-corrected chi connectivity index (χ4v) is 2.81. The van der Waals surface area contributed by atoms with Crippen LogP contribution in [0, 0.1) is 5.82 Å². The highest BCUT2D eigenvalue weighted by molar-refractivity contribution is 5.95. The Morgan fingerprint density at radius 1 is 0.821 bits per heavy atom. The Hall–Kier alpha value is -3.35. The van der Waals surface area contributed by atoms with Crippen molar-refractivity contribution >= 4 is 11.9 Å². The molecule has 0 bridgehead atoms. The summed E-state index contributed by atoms with van der Waals surface area (Å²) >= 11 is 0. The predicted octanol–water partition coefficient (Wildman–Crippen LogP) is 2.87. The topological polar surface area (TPSA) is 83.8 Å². The van der Waals surface area contributed by atoms with Crippen LogP contribution >= 0.6 is 0 Å². The van der Waals surface area contributed by atoms with Gasteiger partial charge in [0.25, 0.3) is 0 Å². The van der Waals surface area contributed by atoms with E-state index in [1.807, 2.05) is 0 Å². The van der Waals surface area contributed by atoms with Crippen LogP contribution in [-0.4, -0.2) is 22.2 Å². The van der Waals surface area contributed by atoms with E-state index in [1.54, 1.807) is 36.4 Å². The molecule has 1 atom stereocenters. The standard InChI is InChI=1S/C22H17FO5/c23-18-14-8-7-13-17(18)19(24)20(25)28-21(26)22(27,15-9-3-1-4-10-15)16-11-5-2-6-12-16/h1-14,19,24,27H/t19-/m1/s1. The minimum atomic E-state index is -2.28. The number of hydrogen-bond acceptors (Lipinski definition) is 5. The van der Waals surface area contributed by atoms with E-state index in [2.05, 4.69) is 0 Å². The number of rotatable bonds is 5. The van der Waals surface area contributed by atoms with Crippen molar-refractivity contribution in [1.82, 2.24) is 0 Å². The van der Waals surface area contributed by atoms with E-state index in [4.69, 9.17) is 4.74 Å². The molecule has 0 radical (unpaired) electrons. The lowest BCUT2D eigenvalue weighted by Gasteiger charge is -2.26. The zero-order chi connectivity index (χ0) is 20.1. The predicted molar refractivity (Wildman–Crippen MR) is 98.3 cm³/mol. The number of carbonyl (C=O) groups is 2. The molecule has 0 saturated carbocycles. The maximum absolute atomic E-state index is 13.8. The second kappa shape index (κ2) is 8.12. The molecule has 0 spiro atoms. The highest BCUT2D eigenvalue weighted by Crippen LogP contribution is 2.31. The first-order valence-corrected chi connectivity index (χ1v) is 8.46. The molecule has 2 N–H and O–H groups in total. The van der Waals surface area contributed by atoms with Gasteiger partial charge in [-0.05, 0) is 17.2 Å². The van der Waals surface area contributed by atoms with Crippen LogP contribution in [0.3, 0.4) is 0 Å². The van der Waals surface area contributed by atoms with Crippen molar-refractivity contribution in [3.8, 4) is 0 Å². The monoisotopic (exact) mass is 380 g/mol. The Bertz CT molecular complexity index is 933. The van der Waals surface area contributed by atoms with Gasteiger partial charge in [-0.2, -0.15) is 0 Å². The van der Waals surface area contributed by atoms with E-state index >= 15 is 0 Å². The number of aliphatic hydroxyl groups is 2. The van der Waals surface area contributed by atoms with Crippen LogP contribution in [-0.2, 0) is 19.9 Å². The van der Waals surface area contributed by atoms with Crippen molar-refractivity contribution in [3.05, 3.63) is 107 Å².